The molecule has 0 bridgehead atoms. The minimum atomic E-state index is -1.59. The number of nitrogens with zero attached hydrogens (tertiary/aromatic N) is 3. The van der Waals surface area contributed by atoms with E-state index in [1.165, 1.54) is 26.2 Å². The zero-order valence-electron chi connectivity index (χ0n) is 28.8. The number of ether oxygens (including phenoxy) is 3. The molecule has 5 rings (SSSR count). The van der Waals surface area contributed by atoms with Crippen molar-refractivity contribution in [3.8, 4) is 17.2 Å². The third-order valence-electron chi connectivity index (χ3n) is 9.87. The van der Waals surface area contributed by atoms with Crippen LogP contribution in [0.2, 0.25) is 0 Å². The van der Waals surface area contributed by atoms with Gasteiger partial charge in [0, 0.05) is 49.8 Å². The predicted molar refractivity (Wildman–Crippen MR) is 185 cm³/mol. The van der Waals surface area contributed by atoms with Gasteiger partial charge in [-0.25, -0.2) is 0 Å². The Bertz CT molecular complexity index is 1480. The lowest BCUT2D eigenvalue weighted by Crippen LogP contribution is -2.69. The van der Waals surface area contributed by atoms with Crippen molar-refractivity contribution in [2.45, 2.75) is 84.0 Å². The van der Waals surface area contributed by atoms with Crippen LogP contribution in [0.25, 0.3) is 10.9 Å². The highest BCUT2D eigenvalue weighted by molar-refractivity contribution is 6.11. The van der Waals surface area contributed by atoms with E-state index in [0.717, 1.165) is 48.0 Å². The minimum absolute atomic E-state index is 0.227. The van der Waals surface area contributed by atoms with E-state index in [1.807, 2.05) is 63.4 Å². The molecule has 1 amide bonds. The van der Waals surface area contributed by atoms with Gasteiger partial charge in [-0.3, -0.25) is 14.5 Å². The third-order valence-corrected chi connectivity index (χ3v) is 9.87. The number of benzene rings is 2. The number of piperidine rings is 2. The van der Waals surface area contributed by atoms with Gasteiger partial charge in [0.25, 0.3) is 5.91 Å². The number of aromatic nitrogens is 1. The number of carbonyl (C=O) groups excluding carboxylic acids is 2. The molecule has 0 radical (unpaired) electrons. The Labute approximate surface area is 279 Å². The van der Waals surface area contributed by atoms with Crippen molar-refractivity contribution in [2.24, 2.45) is 5.73 Å². The zero-order chi connectivity index (χ0) is 33.6. The molecule has 3 aromatic rings. The summed E-state index contributed by atoms with van der Waals surface area (Å²) in [6.07, 6.45) is 7.38. The van der Waals surface area contributed by atoms with Crippen LogP contribution < -0.4 is 19.9 Å². The first-order valence-corrected chi connectivity index (χ1v) is 17.4. The minimum Gasteiger partial charge on any atom is -0.490 e. The molecule has 3 heterocycles. The second-order valence-electron chi connectivity index (χ2n) is 12.8. The Hall–Kier alpha value is -3.60. The molecule has 0 saturated carbocycles. The fraction of sp³-hybridized carbons (Fsp3) is 0.568. The molecular weight excluding hydrogens is 594 g/mol. The van der Waals surface area contributed by atoms with Gasteiger partial charge in [0.05, 0.1) is 25.9 Å². The third kappa shape index (κ3) is 7.00. The van der Waals surface area contributed by atoms with Crippen LogP contribution in [0.1, 0.15) is 77.0 Å². The number of likely N-dealkylation sites (N-methyl/N-ethyl adjacent to an activating group) is 1. The quantitative estimate of drug-likeness (QED) is 0.227. The van der Waals surface area contributed by atoms with E-state index in [2.05, 4.69) is 14.8 Å². The maximum Gasteiger partial charge on any atom is 0.252 e. The lowest BCUT2D eigenvalue weighted by molar-refractivity contribution is -0.155. The lowest BCUT2D eigenvalue weighted by atomic mass is 9.78. The molecule has 2 atom stereocenters. The Balaban J connectivity index is 1.52. The lowest BCUT2D eigenvalue weighted by Gasteiger charge is -2.50. The molecule has 0 aliphatic carbocycles. The summed E-state index contributed by atoms with van der Waals surface area (Å²) in [6.45, 7) is 12.3. The number of rotatable bonds is 14. The van der Waals surface area contributed by atoms with Gasteiger partial charge in [0.2, 0.25) is 5.75 Å². The van der Waals surface area contributed by atoms with Gasteiger partial charge in [-0.05, 0) is 95.8 Å². The smallest absolute Gasteiger partial charge is 0.252 e. The molecule has 10 heteroatoms. The zero-order valence-corrected chi connectivity index (χ0v) is 28.8. The molecule has 2 aromatic carbocycles. The summed E-state index contributed by atoms with van der Waals surface area (Å²) in [4.78, 5) is 38.8. The molecule has 0 spiro atoms. The monoisotopic (exact) mass is 647 g/mol. The van der Waals surface area contributed by atoms with E-state index in [1.54, 1.807) is 11.9 Å². The summed E-state index contributed by atoms with van der Waals surface area (Å²) in [7, 11) is 1.75. The number of ketones is 1. The number of likely N-dealkylation sites (tertiary alicyclic amines) is 2. The molecule has 2 saturated heterocycles. The van der Waals surface area contributed by atoms with Crippen LogP contribution in [0.3, 0.4) is 0 Å². The molecule has 47 heavy (non-hydrogen) atoms. The standard InChI is InChI=1S/C37H53N5O5/c1-6-45-32-22-27(23-33(46-7-2)34(32)47-8-3)25-40(5)36(44)37(26(4)43,35(38)30-24-39-31-15-11-10-14-29(30)31)42-20-16-28(17-21-42)41-18-12-9-13-19-41/h10-11,14-15,22-24,28,35,39H,6-9,12-13,16-21,25,38H2,1-5H3. The number of hydrogen-bond donors (Lipinski definition) is 2. The summed E-state index contributed by atoms with van der Waals surface area (Å²) in [5.41, 5.74) is 8.10. The predicted octanol–water partition coefficient (Wildman–Crippen LogP) is 5.30. The SMILES string of the molecule is CCOc1cc(CN(C)C(=O)C(C(C)=O)(C(N)c2c[nH]c3ccccc23)N2CCC(N3CCCCC3)CC2)cc(OCC)c1OCC. The van der Waals surface area contributed by atoms with E-state index < -0.39 is 11.6 Å². The Morgan fingerprint density at radius 1 is 0.957 bits per heavy atom. The fourth-order valence-corrected chi connectivity index (χ4v) is 7.67. The van der Waals surface area contributed by atoms with Crippen LogP contribution >= 0.6 is 0 Å². The van der Waals surface area contributed by atoms with E-state index in [0.29, 0.717) is 56.2 Å². The van der Waals surface area contributed by atoms with Gasteiger partial charge in [0.1, 0.15) is 0 Å². The van der Waals surface area contributed by atoms with Gasteiger partial charge in [-0.1, -0.05) is 24.6 Å². The Morgan fingerprint density at radius 2 is 1.57 bits per heavy atom. The molecular formula is C37H53N5O5. The first kappa shape index (κ1) is 34.7. The summed E-state index contributed by atoms with van der Waals surface area (Å²) in [5.74, 6) is 1.10. The topological polar surface area (TPSA) is 113 Å². The fourth-order valence-electron chi connectivity index (χ4n) is 7.67. The van der Waals surface area contributed by atoms with Crippen LogP contribution in [0, 0.1) is 0 Å². The van der Waals surface area contributed by atoms with E-state index in [4.69, 9.17) is 19.9 Å². The average molecular weight is 648 g/mol. The van der Waals surface area contributed by atoms with E-state index in [9.17, 15) is 4.79 Å². The van der Waals surface area contributed by atoms with Crippen molar-refractivity contribution in [2.75, 3.05) is 53.0 Å². The Morgan fingerprint density at radius 3 is 2.17 bits per heavy atom. The molecule has 10 nitrogen and oxygen atoms in total. The summed E-state index contributed by atoms with van der Waals surface area (Å²) in [5, 5.41) is 0.915. The summed E-state index contributed by atoms with van der Waals surface area (Å²) in [6, 6.07) is 11.2. The number of aromatic amines is 1. The average Bonchev–Trinajstić information content (AvgIpc) is 3.51. The van der Waals surface area contributed by atoms with Crippen LogP contribution in [-0.2, 0) is 16.1 Å². The van der Waals surface area contributed by atoms with Crippen molar-refractivity contribution in [3.05, 3.63) is 53.7 Å². The number of carbonyl (C=O) groups is 2. The number of para-hydroxylation sites is 1. The van der Waals surface area contributed by atoms with Crippen LogP contribution in [0.15, 0.2) is 42.6 Å². The van der Waals surface area contributed by atoms with Crippen molar-refractivity contribution in [1.82, 2.24) is 19.7 Å². The molecule has 3 N–H and O–H groups in total. The number of nitrogens with one attached hydrogen (secondary N) is 1. The van der Waals surface area contributed by atoms with Crippen molar-refractivity contribution in [3.63, 3.8) is 0 Å². The molecule has 256 valence electrons. The summed E-state index contributed by atoms with van der Waals surface area (Å²) >= 11 is 0. The number of Topliss-reactive ketones (excluding diaryl/α,β-unsaturated/α-hetero) is 1. The number of hydrogen-bond acceptors (Lipinski definition) is 8. The number of fused-ring (bicyclic) bond motifs is 1. The van der Waals surface area contributed by atoms with Gasteiger partial charge < -0.3 is 34.7 Å². The molecule has 1 aromatic heterocycles. The largest absolute Gasteiger partial charge is 0.490 e. The maximum absolute atomic E-state index is 15.0. The van der Waals surface area contributed by atoms with Crippen LogP contribution in [-0.4, -0.2) is 96.0 Å². The van der Waals surface area contributed by atoms with Crippen LogP contribution in [0.5, 0.6) is 17.2 Å². The molecule has 2 fully saturated rings. The van der Waals surface area contributed by atoms with E-state index >= 15 is 4.79 Å². The van der Waals surface area contributed by atoms with E-state index in [-0.39, 0.29) is 18.2 Å². The Kier molecular flexibility index (Phi) is 11.5. The highest BCUT2D eigenvalue weighted by Gasteiger charge is 2.56. The second-order valence-corrected chi connectivity index (χ2v) is 12.8. The van der Waals surface area contributed by atoms with Gasteiger partial charge in [-0.15, -0.1) is 0 Å². The second kappa shape index (κ2) is 15.5. The molecule has 2 aliphatic rings. The normalized spacial score (nSPS) is 18.4. The number of amides is 1. The van der Waals surface area contributed by atoms with Crippen molar-refractivity contribution < 1.29 is 23.8 Å². The summed E-state index contributed by atoms with van der Waals surface area (Å²) < 4.78 is 17.8. The highest BCUT2D eigenvalue weighted by Crippen LogP contribution is 2.41. The van der Waals surface area contributed by atoms with Crippen molar-refractivity contribution >= 4 is 22.6 Å². The van der Waals surface area contributed by atoms with Crippen molar-refractivity contribution in [1.29, 1.82) is 0 Å². The first-order valence-electron chi connectivity index (χ1n) is 17.4. The molecule has 2 aliphatic heterocycles. The van der Waals surface area contributed by atoms with Gasteiger partial charge in [-0.2, -0.15) is 0 Å². The molecule has 2 unspecified atom stereocenters. The van der Waals surface area contributed by atoms with Gasteiger partial charge >= 0.3 is 0 Å². The first-order chi connectivity index (χ1) is 22.8. The highest BCUT2D eigenvalue weighted by atomic mass is 16.5. The van der Waals surface area contributed by atoms with Crippen LogP contribution in [0.4, 0.5) is 0 Å². The maximum atomic E-state index is 15.0. The number of H-pyrrole nitrogens is 1. The van der Waals surface area contributed by atoms with Gasteiger partial charge in [0.15, 0.2) is 22.8 Å². The number of nitrogens with two attached hydrogens (primary N) is 1.